The van der Waals surface area contributed by atoms with Gasteiger partial charge >= 0.3 is 5.97 Å². The van der Waals surface area contributed by atoms with Gasteiger partial charge in [-0.25, -0.2) is 0 Å². The molecule has 1 aliphatic rings. The van der Waals surface area contributed by atoms with Crippen molar-refractivity contribution in [2.45, 2.75) is 32.6 Å². The molecule has 0 radical (unpaired) electrons. The lowest BCUT2D eigenvalue weighted by molar-refractivity contribution is -0.145. The van der Waals surface area contributed by atoms with Crippen LogP contribution >= 0.6 is 0 Å². The number of nitrogens with zero attached hydrogens (tertiary/aromatic N) is 1. The third-order valence-corrected chi connectivity index (χ3v) is 5.45. The topological polar surface area (TPSA) is 63.7 Å². The molecule has 0 bridgehead atoms. The van der Waals surface area contributed by atoms with Crippen LogP contribution in [0.2, 0.25) is 0 Å². The molecule has 5 nitrogen and oxygen atoms in total. The van der Waals surface area contributed by atoms with Crippen LogP contribution in [-0.2, 0) is 20.7 Å². The molecule has 0 aliphatic carbocycles. The normalized spacial score (nSPS) is 15.1. The van der Waals surface area contributed by atoms with Crippen molar-refractivity contribution in [3.8, 4) is 0 Å². The van der Waals surface area contributed by atoms with Crippen molar-refractivity contribution in [3.63, 3.8) is 0 Å². The van der Waals surface area contributed by atoms with Crippen LogP contribution in [0.5, 0.6) is 0 Å². The van der Waals surface area contributed by atoms with Crippen LogP contribution in [0.1, 0.15) is 47.7 Å². The molecule has 3 rings (SSSR count). The number of carbonyl (C=O) groups excluding carboxylic acids is 3. The summed E-state index contributed by atoms with van der Waals surface area (Å²) in [6, 6.07) is 14.7. The van der Waals surface area contributed by atoms with E-state index in [-0.39, 0.29) is 36.6 Å². The molecule has 5 heteroatoms. The summed E-state index contributed by atoms with van der Waals surface area (Å²) in [5, 5.41) is 0. The Morgan fingerprint density at radius 2 is 1.86 bits per heavy atom. The lowest BCUT2D eigenvalue weighted by Gasteiger charge is -2.21. The van der Waals surface area contributed by atoms with Gasteiger partial charge in [0, 0.05) is 18.3 Å². The van der Waals surface area contributed by atoms with E-state index in [1.54, 1.807) is 30.1 Å². The Labute approximate surface area is 165 Å². The lowest BCUT2D eigenvalue weighted by Crippen LogP contribution is -2.24. The first-order valence-electron chi connectivity index (χ1n) is 9.56. The second-order valence-corrected chi connectivity index (χ2v) is 7.28. The van der Waals surface area contributed by atoms with Crippen LogP contribution in [0, 0.1) is 5.92 Å². The van der Waals surface area contributed by atoms with Gasteiger partial charge in [0.2, 0.25) is 5.91 Å². The number of likely N-dealkylation sites (N-methyl/N-ethyl adjacent to an activating group) is 1. The number of esters is 1. The Morgan fingerprint density at radius 3 is 2.54 bits per heavy atom. The zero-order chi connectivity index (χ0) is 20.3. The summed E-state index contributed by atoms with van der Waals surface area (Å²) in [4.78, 5) is 38.6. The number of hydrogen-bond acceptors (Lipinski definition) is 4. The molecule has 28 heavy (non-hydrogen) atoms. The molecule has 2 aromatic carbocycles. The zero-order valence-electron chi connectivity index (χ0n) is 16.5. The highest BCUT2D eigenvalue weighted by atomic mass is 16.5. The van der Waals surface area contributed by atoms with E-state index in [9.17, 15) is 14.4 Å². The number of fused-ring (bicyclic) bond motifs is 1. The molecule has 0 unspecified atom stereocenters. The summed E-state index contributed by atoms with van der Waals surface area (Å²) in [6.45, 7) is 3.73. The van der Waals surface area contributed by atoms with E-state index >= 15 is 0 Å². The minimum Gasteiger partial charge on any atom is -0.457 e. The van der Waals surface area contributed by atoms with Gasteiger partial charge in [-0.05, 0) is 35.2 Å². The highest BCUT2D eigenvalue weighted by molar-refractivity contribution is 6.04. The maximum absolute atomic E-state index is 12.7. The molecular weight excluding hydrogens is 354 g/mol. The van der Waals surface area contributed by atoms with Crippen molar-refractivity contribution >= 4 is 23.3 Å². The minimum absolute atomic E-state index is 0.00489. The number of Topliss-reactive ketones (excluding diaryl/α,β-unsaturated/α-hetero) is 1. The van der Waals surface area contributed by atoms with Gasteiger partial charge in [-0.1, -0.05) is 50.6 Å². The Balaban J connectivity index is 1.69. The minimum atomic E-state index is -0.398. The second-order valence-electron chi connectivity index (χ2n) is 7.28. The van der Waals surface area contributed by atoms with Gasteiger partial charge in [0.25, 0.3) is 0 Å². The van der Waals surface area contributed by atoms with Gasteiger partial charge in [0.05, 0.1) is 12.3 Å². The molecular formula is C23H25NO4. The fraction of sp³-hybridized carbons (Fsp3) is 0.348. The molecule has 0 spiro atoms. The van der Waals surface area contributed by atoms with E-state index in [0.29, 0.717) is 5.56 Å². The maximum atomic E-state index is 12.7. The smallest absolute Gasteiger partial charge is 0.314 e. The van der Waals surface area contributed by atoms with E-state index in [4.69, 9.17) is 4.74 Å². The number of benzene rings is 2. The van der Waals surface area contributed by atoms with Gasteiger partial charge in [-0.2, -0.15) is 0 Å². The zero-order valence-corrected chi connectivity index (χ0v) is 16.5. The molecule has 1 heterocycles. The average Bonchev–Trinajstić information content (AvgIpc) is 3.00. The van der Waals surface area contributed by atoms with Crippen LogP contribution in [0.3, 0.4) is 0 Å². The molecule has 1 amide bonds. The summed E-state index contributed by atoms with van der Waals surface area (Å²) in [5.41, 5.74) is 2.99. The number of ether oxygens (including phenoxy) is 1. The first-order chi connectivity index (χ1) is 13.4. The van der Waals surface area contributed by atoms with Gasteiger partial charge < -0.3 is 9.64 Å². The second kappa shape index (κ2) is 8.38. The highest BCUT2D eigenvalue weighted by Crippen LogP contribution is 2.30. The molecule has 1 aliphatic heterocycles. The fourth-order valence-corrected chi connectivity index (χ4v) is 3.55. The predicted octanol–water partition coefficient (Wildman–Crippen LogP) is 3.76. The third-order valence-electron chi connectivity index (χ3n) is 5.45. The molecule has 2 atom stereocenters. The van der Waals surface area contributed by atoms with Crippen molar-refractivity contribution in [2.75, 3.05) is 18.6 Å². The first-order valence-corrected chi connectivity index (χ1v) is 9.56. The van der Waals surface area contributed by atoms with Crippen LogP contribution in [-0.4, -0.2) is 31.3 Å². The largest absolute Gasteiger partial charge is 0.457 e. The Bertz CT molecular complexity index is 891. The summed E-state index contributed by atoms with van der Waals surface area (Å²) in [5.74, 6) is -0.943. The number of amides is 1. The van der Waals surface area contributed by atoms with Crippen molar-refractivity contribution in [2.24, 2.45) is 5.92 Å². The number of hydrogen-bond donors (Lipinski definition) is 0. The number of rotatable bonds is 7. The quantitative estimate of drug-likeness (QED) is 0.543. The molecule has 2 aromatic rings. The van der Waals surface area contributed by atoms with Crippen LogP contribution < -0.4 is 4.90 Å². The molecule has 0 saturated heterocycles. The van der Waals surface area contributed by atoms with E-state index in [1.165, 1.54) is 0 Å². The summed E-state index contributed by atoms with van der Waals surface area (Å²) < 4.78 is 5.39. The monoisotopic (exact) mass is 379 g/mol. The number of anilines is 1. The predicted molar refractivity (Wildman–Crippen MR) is 107 cm³/mol. The number of ketones is 1. The summed E-state index contributed by atoms with van der Waals surface area (Å²) >= 11 is 0. The highest BCUT2D eigenvalue weighted by Gasteiger charge is 2.28. The van der Waals surface area contributed by atoms with Gasteiger partial charge in [-0.3, -0.25) is 14.4 Å². The van der Waals surface area contributed by atoms with Gasteiger partial charge in [0.15, 0.2) is 12.4 Å². The summed E-state index contributed by atoms with van der Waals surface area (Å²) in [6.07, 6.45) is 1.12. The van der Waals surface area contributed by atoms with Crippen LogP contribution in [0.15, 0.2) is 48.5 Å². The van der Waals surface area contributed by atoms with Crippen molar-refractivity contribution < 1.29 is 19.1 Å². The molecule has 0 N–H and O–H groups in total. The van der Waals surface area contributed by atoms with Gasteiger partial charge in [-0.15, -0.1) is 0 Å². The van der Waals surface area contributed by atoms with Crippen molar-refractivity contribution in [1.29, 1.82) is 0 Å². The summed E-state index contributed by atoms with van der Waals surface area (Å²) in [7, 11) is 1.72. The third kappa shape index (κ3) is 3.98. The van der Waals surface area contributed by atoms with E-state index in [1.807, 2.05) is 44.2 Å². The standard InChI is InChI=1S/C23H25NO4/c1-4-15(2)22(16-8-6-5-7-9-16)23(27)28-14-20(25)17-10-11-19-18(12-17)13-21(26)24(19)3/h5-12,15,22H,4,13-14H2,1-3H3/t15-,22-/m1/s1. The van der Waals surface area contributed by atoms with Crippen molar-refractivity contribution in [3.05, 3.63) is 65.2 Å². The SMILES string of the molecule is CC[C@@H](C)[C@@H](C(=O)OCC(=O)c1ccc2c(c1)CC(=O)N2C)c1ccccc1. The molecule has 0 aromatic heterocycles. The number of carbonyl (C=O) groups is 3. The van der Waals surface area contributed by atoms with Crippen LogP contribution in [0.25, 0.3) is 0 Å². The van der Waals surface area contributed by atoms with E-state index < -0.39 is 5.92 Å². The maximum Gasteiger partial charge on any atom is 0.314 e. The van der Waals surface area contributed by atoms with Crippen LogP contribution in [0.4, 0.5) is 5.69 Å². The lowest BCUT2D eigenvalue weighted by atomic mass is 9.85. The fourth-order valence-electron chi connectivity index (χ4n) is 3.55. The van der Waals surface area contributed by atoms with E-state index in [2.05, 4.69) is 0 Å². The molecule has 0 fully saturated rings. The molecule has 146 valence electrons. The van der Waals surface area contributed by atoms with E-state index in [0.717, 1.165) is 23.2 Å². The Hall–Kier alpha value is -2.95. The average molecular weight is 379 g/mol. The Kier molecular flexibility index (Phi) is 5.93. The Morgan fingerprint density at radius 1 is 1.14 bits per heavy atom. The van der Waals surface area contributed by atoms with Crippen molar-refractivity contribution in [1.82, 2.24) is 0 Å². The molecule has 0 saturated carbocycles. The first kappa shape index (κ1) is 19.8. The van der Waals surface area contributed by atoms with Gasteiger partial charge in [0.1, 0.15) is 0 Å².